The number of carbonyl (C=O) groups excluding carboxylic acids is 2. The van der Waals surface area contributed by atoms with Crippen LogP contribution in [0.4, 0.5) is 8.78 Å². The first kappa shape index (κ1) is 26.5. The van der Waals surface area contributed by atoms with E-state index in [0.29, 0.717) is 6.42 Å². The van der Waals surface area contributed by atoms with Crippen molar-refractivity contribution in [1.82, 2.24) is 10.2 Å². The van der Waals surface area contributed by atoms with Crippen LogP contribution in [-0.2, 0) is 19.4 Å². The maximum Gasteiger partial charge on any atom is 0.254 e. The Kier molecular flexibility index (Phi) is 7.41. The van der Waals surface area contributed by atoms with Gasteiger partial charge < -0.3 is 15.0 Å². The number of rotatable bonds is 6. The van der Waals surface area contributed by atoms with Gasteiger partial charge in [0, 0.05) is 29.3 Å². The summed E-state index contributed by atoms with van der Waals surface area (Å²) in [6, 6.07) is 5.44. The van der Waals surface area contributed by atoms with Crippen molar-refractivity contribution in [2.45, 2.75) is 43.3 Å². The largest absolute Gasteiger partial charge is 0.381 e. The molecule has 2 amide bonds. The lowest BCUT2D eigenvalue weighted by atomic mass is 9.90. The van der Waals surface area contributed by atoms with Gasteiger partial charge in [-0.1, -0.05) is 24.6 Å². The fraction of sp³-hybridized carbons (Fsp3) is 0.440. The van der Waals surface area contributed by atoms with E-state index in [1.54, 1.807) is 0 Å². The maximum absolute atomic E-state index is 14.8. The number of ether oxygens (including phenoxy) is 1. The molecule has 2 fully saturated rings. The van der Waals surface area contributed by atoms with Crippen LogP contribution in [0.15, 0.2) is 41.3 Å². The first-order valence-electron chi connectivity index (χ1n) is 11.5. The van der Waals surface area contributed by atoms with Crippen LogP contribution in [0.25, 0.3) is 0 Å². The summed E-state index contributed by atoms with van der Waals surface area (Å²) in [7, 11) is -3.54. The molecule has 2 aromatic rings. The predicted octanol–water partition coefficient (Wildman–Crippen LogP) is 3.76. The number of amides is 2. The molecule has 4 rings (SSSR count). The molecule has 0 bridgehead atoms. The Bertz CT molecular complexity index is 1300. The van der Waals surface area contributed by atoms with Gasteiger partial charge in [0.2, 0.25) is 5.91 Å². The topological polar surface area (TPSA) is 92.8 Å². The Morgan fingerprint density at radius 2 is 1.83 bits per heavy atom. The Morgan fingerprint density at radius 1 is 1.14 bits per heavy atom. The molecule has 2 saturated heterocycles. The third kappa shape index (κ3) is 5.12. The van der Waals surface area contributed by atoms with E-state index in [-0.39, 0.29) is 52.1 Å². The zero-order valence-electron chi connectivity index (χ0n) is 20.0. The van der Waals surface area contributed by atoms with Gasteiger partial charge in [-0.3, -0.25) is 9.59 Å². The summed E-state index contributed by atoms with van der Waals surface area (Å²) in [6.45, 7) is 4.25. The summed E-state index contributed by atoms with van der Waals surface area (Å²) in [6.07, 6.45) is 1.41. The molecular formula is C25H27ClF2N2O5S. The molecule has 0 spiro atoms. The Hall–Kier alpha value is -2.56. The summed E-state index contributed by atoms with van der Waals surface area (Å²) in [5.74, 6) is -2.86. The molecule has 0 aromatic heterocycles. The summed E-state index contributed by atoms with van der Waals surface area (Å²) >= 11 is 5.70. The van der Waals surface area contributed by atoms with Crippen LogP contribution in [-0.4, -0.2) is 56.7 Å². The van der Waals surface area contributed by atoms with Gasteiger partial charge in [-0.15, -0.1) is 0 Å². The first-order chi connectivity index (χ1) is 16.9. The van der Waals surface area contributed by atoms with Crippen LogP contribution in [0.5, 0.6) is 0 Å². The molecule has 4 atom stereocenters. The number of likely N-dealkylation sites (tertiary alicyclic amines) is 1. The highest BCUT2D eigenvalue weighted by atomic mass is 35.5. The number of hydrogen-bond donors (Lipinski definition) is 1. The minimum atomic E-state index is -3.54. The fourth-order valence-corrected chi connectivity index (χ4v) is 5.53. The van der Waals surface area contributed by atoms with Gasteiger partial charge in [-0.2, -0.15) is 0 Å². The number of benzene rings is 2. The Morgan fingerprint density at radius 3 is 2.44 bits per heavy atom. The molecule has 0 aliphatic carbocycles. The van der Waals surface area contributed by atoms with E-state index in [4.69, 9.17) is 16.3 Å². The molecule has 36 heavy (non-hydrogen) atoms. The van der Waals surface area contributed by atoms with Crippen LogP contribution in [0, 0.1) is 23.5 Å². The van der Waals surface area contributed by atoms with Gasteiger partial charge in [0.25, 0.3) is 5.91 Å². The van der Waals surface area contributed by atoms with Gasteiger partial charge in [0.05, 0.1) is 29.2 Å². The zero-order valence-corrected chi connectivity index (χ0v) is 21.6. The summed E-state index contributed by atoms with van der Waals surface area (Å²) in [5.41, 5.74) is 0.0998. The molecule has 1 N–H and O–H groups in total. The zero-order chi connectivity index (χ0) is 26.4. The predicted molar refractivity (Wildman–Crippen MR) is 129 cm³/mol. The highest BCUT2D eigenvalue weighted by Crippen LogP contribution is 2.35. The van der Waals surface area contributed by atoms with Crippen LogP contribution in [0.1, 0.15) is 42.2 Å². The van der Waals surface area contributed by atoms with Crippen molar-refractivity contribution in [3.05, 3.63) is 64.2 Å². The van der Waals surface area contributed by atoms with Crippen molar-refractivity contribution >= 4 is 33.3 Å². The third-order valence-corrected chi connectivity index (χ3v) is 8.45. The average Bonchev–Trinajstić information content (AvgIpc) is 3.08. The molecule has 0 radical (unpaired) electrons. The molecule has 194 valence electrons. The molecule has 11 heteroatoms. The van der Waals surface area contributed by atoms with Crippen LogP contribution in [0.2, 0.25) is 5.02 Å². The minimum Gasteiger partial charge on any atom is -0.381 e. The standard InChI is InChI=1S/C25H27ClF2N2O5S/c1-13-7-22(30(14(13)2)25(32)15-5-4-6-17(8-15)36(3,33)34)24(31)29-23(16-11-35-12-16)18-9-21(28)19(26)10-20(18)27/h4-6,8-10,13-14,16,22-23H,7,11-12H2,1-3H3,(H,29,31)/t13-,14-,22-,23-/m1/s1. The second-order valence-corrected chi connectivity index (χ2v) is 12.0. The number of hydrogen-bond acceptors (Lipinski definition) is 5. The van der Waals surface area contributed by atoms with Crippen molar-refractivity contribution in [2.75, 3.05) is 19.5 Å². The van der Waals surface area contributed by atoms with E-state index in [1.807, 2.05) is 13.8 Å². The van der Waals surface area contributed by atoms with E-state index >= 15 is 0 Å². The minimum absolute atomic E-state index is 0.000428. The van der Waals surface area contributed by atoms with E-state index in [2.05, 4.69) is 5.32 Å². The summed E-state index contributed by atoms with van der Waals surface area (Å²) < 4.78 is 58.1. The Balaban J connectivity index is 1.63. The molecular weight excluding hydrogens is 514 g/mol. The lowest BCUT2D eigenvalue weighted by Crippen LogP contribution is -2.51. The van der Waals surface area contributed by atoms with E-state index in [1.165, 1.54) is 29.2 Å². The van der Waals surface area contributed by atoms with Gasteiger partial charge in [-0.05, 0) is 49.6 Å². The van der Waals surface area contributed by atoms with Gasteiger partial charge in [-0.25, -0.2) is 17.2 Å². The lowest BCUT2D eigenvalue weighted by Gasteiger charge is -2.36. The molecule has 2 aromatic carbocycles. The van der Waals surface area contributed by atoms with Crippen molar-refractivity contribution in [3.63, 3.8) is 0 Å². The summed E-state index contributed by atoms with van der Waals surface area (Å²) in [5, 5.41) is 2.46. The third-order valence-electron chi connectivity index (χ3n) is 7.05. The monoisotopic (exact) mass is 540 g/mol. The number of sulfone groups is 1. The molecule has 0 unspecified atom stereocenters. The normalized spacial score (nSPS) is 23.3. The molecule has 2 heterocycles. The highest BCUT2D eigenvalue weighted by molar-refractivity contribution is 7.90. The summed E-state index contributed by atoms with van der Waals surface area (Å²) in [4.78, 5) is 28.5. The lowest BCUT2D eigenvalue weighted by molar-refractivity contribution is -0.128. The van der Waals surface area contributed by atoms with E-state index < -0.39 is 45.4 Å². The van der Waals surface area contributed by atoms with Crippen molar-refractivity contribution in [3.8, 4) is 0 Å². The first-order valence-corrected chi connectivity index (χ1v) is 13.8. The number of carbonyl (C=O) groups is 2. The number of nitrogens with zero attached hydrogens (tertiary/aromatic N) is 1. The van der Waals surface area contributed by atoms with E-state index in [0.717, 1.165) is 18.4 Å². The average molecular weight is 541 g/mol. The fourth-order valence-electron chi connectivity index (χ4n) is 4.71. The smallest absolute Gasteiger partial charge is 0.254 e. The van der Waals surface area contributed by atoms with Crippen molar-refractivity contribution in [1.29, 1.82) is 0 Å². The van der Waals surface area contributed by atoms with Crippen molar-refractivity contribution in [2.24, 2.45) is 11.8 Å². The van der Waals surface area contributed by atoms with Crippen LogP contribution in [0.3, 0.4) is 0 Å². The van der Waals surface area contributed by atoms with E-state index in [9.17, 15) is 26.8 Å². The van der Waals surface area contributed by atoms with Gasteiger partial charge in [0.1, 0.15) is 17.7 Å². The molecule has 0 saturated carbocycles. The molecule has 2 aliphatic heterocycles. The quantitative estimate of drug-likeness (QED) is 0.563. The molecule has 2 aliphatic rings. The van der Waals surface area contributed by atoms with Gasteiger partial charge in [0.15, 0.2) is 9.84 Å². The highest BCUT2D eigenvalue weighted by Gasteiger charge is 2.45. The van der Waals surface area contributed by atoms with Crippen LogP contribution < -0.4 is 5.32 Å². The molecule has 7 nitrogen and oxygen atoms in total. The Labute approximate surface area is 213 Å². The second-order valence-electron chi connectivity index (χ2n) is 9.55. The maximum atomic E-state index is 14.8. The number of nitrogens with one attached hydrogen (secondary N) is 1. The van der Waals surface area contributed by atoms with Gasteiger partial charge >= 0.3 is 0 Å². The second kappa shape index (κ2) is 10.1. The SMILES string of the molecule is C[C@@H]1C[C@H](C(=O)N[C@@H](c2cc(F)c(Cl)cc2F)C2COC2)N(C(=O)c2cccc(S(C)(=O)=O)c2)[C@@H]1C. The van der Waals surface area contributed by atoms with Crippen molar-refractivity contribution < 1.29 is 31.5 Å². The van der Waals surface area contributed by atoms with Crippen LogP contribution >= 0.6 is 11.6 Å². The number of halogens is 3.